The van der Waals surface area contributed by atoms with Crippen molar-refractivity contribution in [2.24, 2.45) is 5.92 Å². The fourth-order valence-electron chi connectivity index (χ4n) is 3.39. The van der Waals surface area contributed by atoms with E-state index in [9.17, 15) is 14.0 Å². The lowest BCUT2D eigenvalue weighted by Gasteiger charge is -2.28. The molecule has 5 nitrogen and oxygen atoms in total. The molecule has 0 bridgehead atoms. The highest BCUT2D eigenvalue weighted by Crippen LogP contribution is 2.38. The molecule has 1 aromatic carbocycles. The van der Waals surface area contributed by atoms with E-state index in [1.165, 1.54) is 17.0 Å². The lowest BCUT2D eigenvalue weighted by Crippen LogP contribution is -2.36. The smallest absolute Gasteiger partial charge is 0.233 e. The number of likely N-dealkylation sites (tertiary alicyclic amines) is 1. The molecule has 2 amide bonds. The number of amides is 2. The van der Waals surface area contributed by atoms with Gasteiger partial charge in [-0.2, -0.15) is 0 Å². The summed E-state index contributed by atoms with van der Waals surface area (Å²) in [6.45, 7) is 1.88. The number of nitrogens with zero attached hydrogens (tertiary/aromatic N) is 3. The predicted molar refractivity (Wildman–Crippen MR) is 92.4 cm³/mol. The van der Waals surface area contributed by atoms with E-state index in [2.05, 4.69) is 4.98 Å². The molecule has 3 rings (SSSR count). The van der Waals surface area contributed by atoms with Gasteiger partial charge < -0.3 is 4.90 Å². The van der Waals surface area contributed by atoms with Crippen molar-refractivity contribution >= 4 is 17.6 Å². The van der Waals surface area contributed by atoms with Gasteiger partial charge in [-0.15, -0.1) is 0 Å². The topological polar surface area (TPSA) is 53.5 Å². The predicted octanol–water partition coefficient (Wildman–Crippen LogP) is 2.71. The number of rotatable bonds is 3. The van der Waals surface area contributed by atoms with E-state index in [1.807, 2.05) is 19.1 Å². The normalized spacial score (nSPS) is 20.0. The molecule has 0 spiro atoms. The van der Waals surface area contributed by atoms with E-state index >= 15 is 0 Å². The van der Waals surface area contributed by atoms with E-state index in [4.69, 9.17) is 0 Å². The summed E-state index contributed by atoms with van der Waals surface area (Å²) in [5.41, 5.74) is 1.63. The van der Waals surface area contributed by atoms with Crippen LogP contribution in [0.5, 0.6) is 0 Å². The van der Waals surface area contributed by atoms with Crippen LogP contribution in [0.15, 0.2) is 42.6 Å². The van der Waals surface area contributed by atoms with Crippen molar-refractivity contribution in [2.75, 3.05) is 19.0 Å². The Kier molecular flexibility index (Phi) is 4.53. The first-order chi connectivity index (χ1) is 11.9. The minimum absolute atomic E-state index is 0.0983. The van der Waals surface area contributed by atoms with Gasteiger partial charge in [0.05, 0.1) is 12.0 Å². The third kappa shape index (κ3) is 3.12. The Morgan fingerprint density at radius 1 is 1.28 bits per heavy atom. The third-order valence-electron chi connectivity index (χ3n) is 4.75. The second kappa shape index (κ2) is 6.63. The van der Waals surface area contributed by atoms with Crippen molar-refractivity contribution in [3.05, 3.63) is 59.5 Å². The molecule has 1 saturated heterocycles. The van der Waals surface area contributed by atoms with Gasteiger partial charge in [0.2, 0.25) is 11.8 Å². The Bertz CT molecular complexity index is 807. The SMILES string of the molecule is Cc1cccnc1N(C)C(=O)[C@@H]1CC(=O)N(C)[C@@H]1c1ccc(F)cc1. The molecule has 0 radical (unpaired) electrons. The van der Waals surface area contributed by atoms with Crippen LogP contribution in [0.1, 0.15) is 23.6 Å². The van der Waals surface area contributed by atoms with Crippen LogP contribution in [0.2, 0.25) is 0 Å². The van der Waals surface area contributed by atoms with Crippen molar-refractivity contribution in [3.8, 4) is 0 Å². The monoisotopic (exact) mass is 341 g/mol. The van der Waals surface area contributed by atoms with Crippen LogP contribution in [-0.4, -0.2) is 35.8 Å². The molecule has 25 heavy (non-hydrogen) atoms. The minimum atomic E-state index is -0.533. The molecule has 2 heterocycles. The van der Waals surface area contributed by atoms with E-state index < -0.39 is 12.0 Å². The van der Waals surface area contributed by atoms with E-state index in [0.717, 1.165) is 11.1 Å². The number of carbonyl (C=O) groups is 2. The van der Waals surface area contributed by atoms with Gasteiger partial charge in [0.15, 0.2) is 0 Å². The molecule has 2 atom stereocenters. The molecular formula is C19H20FN3O2. The highest BCUT2D eigenvalue weighted by Gasteiger charge is 2.44. The molecule has 0 aliphatic carbocycles. The summed E-state index contributed by atoms with van der Waals surface area (Å²) < 4.78 is 13.2. The van der Waals surface area contributed by atoms with E-state index in [-0.39, 0.29) is 24.1 Å². The second-order valence-electron chi connectivity index (χ2n) is 6.35. The van der Waals surface area contributed by atoms with Crippen LogP contribution in [-0.2, 0) is 9.59 Å². The number of anilines is 1. The standard InChI is InChI=1S/C19H20FN3O2/c1-12-5-4-10-21-18(12)23(3)19(25)15-11-16(24)22(2)17(15)13-6-8-14(20)9-7-13/h4-10,15,17H,11H2,1-3H3/t15-,17-/m1/s1. The van der Waals surface area contributed by atoms with Crippen LogP contribution in [0.25, 0.3) is 0 Å². The Labute approximate surface area is 146 Å². The Morgan fingerprint density at radius 3 is 2.60 bits per heavy atom. The number of halogens is 1. The van der Waals surface area contributed by atoms with Gasteiger partial charge in [0, 0.05) is 26.7 Å². The van der Waals surface area contributed by atoms with Gasteiger partial charge in [-0.05, 0) is 36.2 Å². The minimum Gasteiger partial charge on any atom is -0.338 e. The first kappa shape index (κ1) is 17.1. The van der Waals surface area contributed by atoms with Crippen LogP contribution in [0.3, 0.4) is 0 Å². The van der Waals surface area contributed by atoms with Gasteiger partial charge in [-0.1, -0.05) is 18.2 Å². The summed E-state index contributed by atoms with van der Waals surface area (Å²) in [7, 11) is 3.35. The number of hydrogen-bond donors (Lipinski definition) is 0. The summed E-state index contributed by atoms with van der Waals surface area (Å²) in [5, 5.41) is 0. The maximum atomic E-state index is 13.2. The fourth-order valence-corrected chi connectivity index (χ4v) is 3.39. The molecule has 2 aromatic rings. The zero-order valence-electron chi connectivity index (χ0n) is 14.4. The average molecular weight is 341 g/mol. The molecule has 1 aromatic heterocycles. The molecule has 1 aliphatic rings. The molecule has 1 fully saturated rings. The Balaban J connectivity index is 1.93. The number of carbonyl (C=O) groups excluding carboxylic acids is 2. The summed E-state index contributed by atoms with van der Waals surface area (Å²) in [6, 6.07) is 9.23. The quantitative estimate of drug-likeness (QED) is 0.862. The van der Waals surface area contributed by atoms with Crippen molar-refractivity contribution in [2.45, 2.75) is 19.4 Å². The Hall–Kier alpha value is -2.76. The first-order valence-electron chi connectivity index (χ1n) is 8.10. The number of benzene rings is 1. The molecule has 0 saturated carbocycles. The lowest BCUT2D eigenvalue weighted by atomic mass is 9.92. The van der Waals surface area contributed by atoms with Gasteiger partial charge in [0.25, 0.3) is 0 Å². The first-order valence-corrected chi connectivity index (χ1v) is 8.10. The summed E-state index contributed by atoms with van der Waals surface area (Å²) in [6.07, 6.45) is 1.77. The van der Waals surface area contributed by atoms with Crippen LogP contribution < -0.4 is 4.90 Å². The summed E-state index contributed by atoms with van der Waals surface area (Å²) >= 11 is 0. The Morgan fingerprint density at radius 2 is 1.96 bits per heavy atom. The zero-order valence-corrected chi connectivity index (χ0v) is 14.4. The van der Waals surface area contributed by atoms with Gasteiger partial charge >= 0.3 is 0 Å². The zero-order chi connectivity index (χ0) is 18.1. The van der Waals surface area contributed by atoms with Crippen molar-refractivity contribution in [1.29, 1.82) is 0 Å². The maximum Gasteiger partial charge on any atom is 0.233 e. The molecule has 0 N–H and O–H groups in total. The fraction of sp³-hybridized carbons (Fsp3) is 0.316. The van der Waals surface area contributed by atoms with E-state index in [1.54, 1.807) is 37.3 Å². The van der Waals surface area contributed by atoms with Crippen molar-refractivity contribution < 1.29 is 14.0 Å². The molecule has 1 aliphatic heterocycles. The van der Waals surface area contributed by atoms with Gasteiger partial charge in [0.1, 0.15) is 11.6 Å². The number of hydrogen-bond acceptors (Lipinski definition) is 3. The summed E-state index contributed by atoms with van der Waals surface area (Å²) in [5.74, 6) is -0.575. The highest BCUT2D eigenvalue weighted by molar-refractivity contribution is 5.99. The van der Waals surface area contributed by atoms with Crippen LogP contribution >= 0.6 is 0 Å². The number of aryl methyl sites for hydroxylation is 1. The molecule has 0 unspecified atom stereocenters. The average Bonchev–Trinajstić information content (AvgIpc) is 2.90. The molecular weight excluding hydrogens is 321 g/mol. The van der Waals surface area contributed by atoms with E-state index in [0.29, 0.717) is 5.82 Å². The van der Waals surface area contributed by atoms with Crippen LogP contribution in [0.4, 0.5) is 10.2 Å². The van der Waals surface area contributed by atoms with Crippen LogP contribution in [0, 0.1) is 18.7 Å². The van der Waals surface area contributed by atoms with Crippen molar-refractivity contribution in [3.63, 3.8) is 0 Å². The second-order valence-corrected chi connectivity index (χ2v) is 6.35. The van der Waals surface area contributed by atoms with Gasteiger partial charge in [-0.25, -0.2) is 9.37 Å². The molecule has 130 valence electrons. The maximum absolute atomic E-state index is 13.2. The number of pyridine rings is 1. The summed E-state index contributed by atoms with van der Waals surface area (Å²) in [4.78, 5) is 32.6. The third-order valence-corrected chi connectivity index (χ3v) is 4.75. The largest absolute Gasteiger partial charge is 0.338 e. The highest BCUT2D eigenvalue weighted by atomic mass is 19.1. The lowest BCUT2D eigenvalue weighted by molar-refractivity contribution is -0.128. The van der Waals surface area contributed by atoms with Crippen molar-refractivity contribution in [1.82, 2.24) is 9.88 Å². The van der Waals surface area contributed by atoms with Gasteiger partial charge in [-0.3, -0.25) is 14.5 Å². The molecule has 6 heteroatoms. The number of aromatic nitrogens is 1.